The number of carbonyl (C=O) groups is 1. The molecule has 0 bridgehead atoms. The van der Waals surface area contributed by atoms with Crippen LogP contribution in [-0.4, -0.2) is 28.3 Å². The molecule has 2 aliphatic carbocycles. The minimum Gasteiger partial charge on any atom is -0.353 e. The molecule has 2 N–H and O–H groups in total. The number of H-pyrrole nitrogens is 1. The van der Waals surface area contributed by atoms with E-state index in [1.165, 1.54) is 0 Å². The van der Waals surface area contributed by atoms with Crippen molar-refractivity contribution in [3.05, 3.63) is 42.1 Å². The number of nitrogens with zero attached hydrogens (tertiary/aromatic N) is 1. The number of halogens is 3. The zero-order valence-corrected chi connectivity index (χ0v) is 14.9. The molecule has 0 saturated heterocycles. The Morgan fingerprint density at radius 3 is 2.33 bits per heavy atom. The number of carbonyl (C=O) groups excluding carboxylic acids is 1. The second-order valence-electron chi connectivity index (χ2n) is 7.72. The molecular formula is C20H22F3N3O. The highest BCUT2D eigenvalue weighted by Gasteiger charge is 2.61. The Bertz CT molecular complexity index is 787. The standard InChI is InChI=1S/C20H22F3N3O/c21-20(22,23)19(8-1-2-9-19)18(27)25-16-11-15(12-16)13-3-5-14(6-4-13)17-7-10-24-26-17/h3-7,10,15-16H,1-2,8-9,11-12H2,(H,24,26)(H,25,27). The van der Waals surface area contributed by atoms with Crippen LogP contribution in [-0.2, 0) is 4.79 Å². The molecule has 2 aromatic rings. The topological polar surface area (TPSA) is 57.8 Å². The fraction of sp³-hybridized carbons (Fsp3) is 0.500. The van der Waals surface area contributed by atoms with Crippen molar-refractivity contribution in [3.8, 4) is 11.3 Å². The molecule has 2 fully saturated rings. The molecule has 2 aliphatic rings. The van der Waals surface area contributed by atoms with Crippen LogP contribution in [0.2, 0.25) is 0 Å². The highest BCUT2D eigenvalue weighted by atomic mass is 19.4. The average molecular weight is 377 g/mol. The number of nitrogens with one attached hydrogen (secondary N) is 2. The maximum atomic E-state index is 13.5. The van der Waals surface area contributed by atoms with E-state index in [4.69, 9.17) is 0 Å². The fourth-order valence-corrected chi connectivity index (χ4v) is 4.30. The monoisotopic (exact) mass is 377 g/mol. The predicted octanol–water partition coefficient (Wildman–Crippen LogP) is 4.56. The first kappa shape index (κ1) is 18.1. The zero-order chi connectivity index (χ0) is 19.1. The summed E-state index contributed by atoms with van der Waals surface area (Å²) in [7, 11) is 0. The Kier molecular flexibility index (Phi) is 4.48. The summed E-state index contributed by atoms with van der Waals surface area (Å²) in [6.07, 6.45) is -0.668. The van der Waals surface area contributed by atoms with Gasteiger partial charge in [0.1, 0.15) is 5.41 Å². The number of aromatic amines is 1. The summed E-state index contributed by atoms with van der Waals surface area (Å²) < 4.78 is 40.4. The maximum absolute atomic E-state index is 13.5. The number of rotatable bonds is 4. The van der Waals surface area contributed by atoms with Gasteiger partial charge in [-0.05, 0) is 48.8 Å². The Morgan fingerprint density at radius 1 is 1.11 bits per heavy atom. The Balaban J connectivity index is 1.35. The minimum atomic E-state index is -4.47. The van der Waals surface area contributed by atoms with Crippen molar-refractivity contribution >= 4 is 5.91 Å². The van der Waals surface area contributed by atoms with E-state index in [-0.39, 0.29) is 24.8 Å². The average Bonchev–Trinajstić information content (AvgIpc) is 3.28. The van der Waals surface area contributed by atoms with Crippen LogP contribution >= 0.6 is 0 Å². The van der Waals surface area contributed by atoms with Crippen molar-refractivity contribution in [2.24, 2.45) is 5.41 Å². The van der Waals surface area contributed by atoms with Crippen molar-refractivity contribution in [2.75, 3.05) is 0 Å². The van der Waals surface area contributed by atoms with Crippen LogP contribution in [0.25, 0.3) is 11.3 Å². The second kappa shape index (κ2) is 6.69. The molecule has 4 nitrogen and oxygen atoms in total. The van der Waals surface area contributed by atoms with E-state index in [9.17, 15) is 18.0 Å². The van der Waals surface area contributed by atoms with Gasteiger partial charge in [0.05, 0.1) is 5.69 Å². The zero-order valence-electron chi connectivity index (χ0n) is 14.9. The highest BCUT2D eigenvalue weighted by molar-refractivity contribution is 5.84. The molecule has 144 valence electrons. The number of aromatic nitrogens is 2. The lowest BCUT2D eigenvalue weighted by molar-refractivity contribution is -0.220. The first-order chi connectivity index (χ1) is 12.9. The predicted molar refractivity (Wildman–Crippen MR) is 94.9 cm³/mol. The normalized spacial score (nSPS) is 24.4. The van der Waals surface area contributed by atoms with E-state index in [0.717, 1.165) is 16.8 Å². The van der Waals surface area contributed by atoms with Gasteiger partial charge < -0.3 is 5.32 Å². The van der Waals surface area contributed by atoms with E-state index in [0.29, 0.717) is 25.7 Å². The van der Waals surface area contributed by atoms with Gasteiger partial charge >= 0.3 is 6.18 Å². The van der Waals surface area contributed by atoms with Crippen molar-refractivity contribution in [3.63, 3.8) is 0 Å². The van der Waals surface area contributed by atoms with E-state index in [1.807, 2.05) is 30.3 Å². The molecule has 0 aliphatic heterocycles. The van der Waals surface area contributed by atoms with E-state index in [2.05, 4.69) is 15.5 Å². The van der Waals surface area contributed by atoms with Crippen LogP contribution in [0.4, 0.5) is 13.2 Å². The summed E-state index contributed by atoms with van der Waals surface area (Å²) in [6, 6.07) is 9.80. The molecule has 0 radical (unpaired) electrons. The van der Waals surface area contributed by atoms with Crippen molar-refractivity contribution < 1.29 is 18.0 Å². The summed E-state index contributed by atoms with van der Waals surface area (Å²) in [5, 5.41) is 9.51. The van der Waals surface area contributed by atoms with Gasteiger partial charge in [0.2, 0.25) is 5.91 Å². The van der Waals surface area contributed by atoms with Gasteiger partial charge in [0.25, 0.3) is 0 Å². The van der Waals surface area contributed by atoms with Crippen molar-refractivity contribution in [1.82, 2.24) is 15.5 Å². The Labute approximate surface area is 155 Å². The third-order valence-electron chi connectivity index (χ3n) is 6.10. The number of amides is 1. The number of hydrogen-bond donors (Lipinski definition) is 2. The fourth-order valence-electron chi connectivity index (χ4n) is 4.30. The molecule has 0 unspecified atom stereocenters. The number of benzene rings is 1. The van der Waals surface area contributed by atoms with Crippen LogP contribution in [0.1, 0.15) is 50.0 Å². The van der Waals surface area contributed by atoms with Crippen LogP contribution < -0.4 is 5.32 Å². The van der Waals surface area contributed by atoms with Crippen LogP contribution in [0, 0.1) is 5.41 Å². The molecule has 4 rings (SSSR count). The first-order valence-corrected chi connectivity index (χ1v) is 9.36. The maximum Gasteiger partial charge on any atom is 0.403 e. The van der Waals surface area contributed by atoms with Gasteiger partial charge in [-0.15, -0.1) is 0 Å². The molecule has 7 heteroatoms. The summed E-state index contributed by atoms with van der Waals surface area (Å²) >= 11 is 0. The number of hydrogen-bond acceptors (Lipinski definition) is 2. The van der Waals surface area contributed by atoms with E-state index < -0.39 is 17.5 Å². The smallest absolute Gasteiger partial charge is 0.353 e. The quantitative estimate of drug-likeness (QED) is 0.821. The summed E-state index contributed by atoms with van der Waals surface area (Å²) in [4.78, 5) is 12.4. The molecule has 1 heterocycles. The lowest BCUT2D eigenvalue weighted by atomic mass is 9.74. The molecule has 2 saturated carbocycles. The summed E-state index contributed by atoms with van der Waals surface area (Å²) in [5.41, 5.74) is 0.947. The molecule has 1 aromatic carbocycles. The molecular weight excluding hydrogens is 355 g/mol. The van der Waals surface area contributed by atoms with Crippen LogP contribution in [0.3, 0.4) is 0 Å². The highest BCUT2D eigenvalue weighted by Crippen LogP contribution is 2.51. The van der Waals surface area contributed by atoms with Gasteiger partial charge in [-0.1, -0.05) is 37.1 Å². The Hall–Kier alpha value is -2.31. The van der Waals surface area contributed by atoms with Gasteiger partial charge in [0, 0.05) is 12.2 Å². The first-order valence-electron chi connectivity index (χ1n) is 9.36. The van der Waals surface area contributed by atoms with E-state index >= 15 is 0 Å². The summed E-state index contributed by atoms with van der Waals surface area (Å²) in [5.74, 6) is -0.554. The molecule has 1 aromatic heterocycles. The Morgan fingerprint density at radius 2 is 1.78 bits per heavy atom. The second-order valence-corrected chi connectivity index (χ2v) is 7.72. The van der Waals surface area contributed by atoms with Gasteiger partial charge in [-0.25, -0.2) is 0 Å². The van der Waals surface area contributed by atoms with Crippen LogP contribution in [0.5, 0.6) is 0 Å². The SMILES string of the molecule is O=C(NC1CC(c2ccc(-c3ccn[nH]3)cc2)C1)C1(C(F)(F)F)CCCC1. The van der Waals surface area contributed by atoms with Gasteiger partial charge in [0.15, 0.2) is 0 Å². The van der Waals surface area contributed by atoms with Crippen molar-refractivity contribution in [2.45, 2.75) is 56.7 Å². The van der Waals surface area contributed by atoms with Crippen molar-refractivity contribution in [1.29, 1.82) is 0 Å². The largest absolute Gasteiger partial charge is 0.403 e. The van der Waals surface area contributed by atoms with Gasteiger partial charge in [-0.2, -0.15) is 18.3 Å². The molecule has 1 amide bonds. The molecule has 0 spiro atoms. The van der Waals surface area contributed by atoms with Crippen LogP contribution in [0.15, 0.2) is 36.5 Å². The van der Waals surface area contributed by atoms with E-state index in [1.54, 1.807) is 6.20 Å². The third-order valence-corrected chi connectivity index (χ3v) is 6.10. The lowest BCUT2D eigenvalue weighted by Gasteiger charge is -2.39. The third kappa shape index (κ3) is 3.24. The minimum absolute atomic E-state index is 0.0897. The molecule has 27 heavy (non-hydrogen) atoms. The van der Waals surface area contributed by atoms with Gasteiger partial charge in [-0.3, -0.25) is 9.89 Å². The molecule has 0 atom stereocenters. The number of alkyl halides is 3. The lowest BCUT2D eigenvalue weighted by Crippen LogP contribution is -2.54. The summed E-state index contributed by atoms with van der Waals surface area (Å²) in [6.45, 7) is 0.